The highest BCUT2D eigenvalue weighted by Gasteiger charge is 2.04. The van der Waals surface area contributed by atoms with Crippen LogP contribution in [-0.2, 0) is 6.54 Å². The molecular weight excluding hydrogens is 343 g/mol. The van der Waals surface area contributed by atoms with E-state index in [1.807, 2.05) is 37.3 Å². The molecule has 0 fully saturated rings. The standard InChI is InChI=1S/C13H11IN2O2/c1-8-16-11-6-9(2-4-12(11)17-8)15-7-10-3-5-13(14)18-10/h2-6,15H,7H2,1H3. The van der Waals surface area contributed by atoms with Gasteiger partial charge in [0.2, 0.25) is 0 Å². The molecule has 2 heterocycles. The van der Waals surface area contributed by atoms with Crippen molar-refractivity contribution in [3.05, 3.63) is 45.7 Å². The van der Waals surface area contributed by atoms with Gasteiger partial charge in [0.25, 0.3) is 0 Å². The summed E-state index contributed by atoms with van der Waals surface area (Å²) >= 11 is 2.15. The Morgan fingerprint density at radius 3 is 2.89 bits per heavy atom. The van der Waals surface area contributed by atoms with Gasteiger partial charge in [-0.2, -0.15) is 0 Å². The van der Waals surface area contributed by atoms with E-state index >= 15 is 0 Å². The third kappa shape index (κ3) is 2.35. The van der Waals surface area contributed by atoms with Gasteiger partial charge in [-0.15, -0.1) is 0 Å². The first kappa shape index (κ1) is 11.6. The summed E-state index contributed by atoms with van der Waals surface area (Å²) in [6, 6.07) is 9.78. The summed E-state index contributed by atoms with van der Waals surface area (Å²) in [7, 11) is 0. The number of rotatable bonds is 3. The zero-order valence-corrected chi connectivity index (χ0v) is 11.9. The molecule has 3 rings (SSSR count). The van der Waals surface area contributed by atoms with E-state index in [0.29, 0.717) is 12.4 Å². The number of hydrogen-bond donors (Lipinski definition) is 1. The summed E-state index contributed by atoms with van der Waals surface area (Å²) in [5, 5.41) is 3.30. The van der Waals surface area contributed by atoms with Gasteiger partial charge < -0.3 is 14.2 Å². The lowest BCUT2D eigenvalue weighted by atomic mass is 10.3. The average Bonchev–Trinajstić information content (AvgIpc) is 2.90. The Kier molecular flexibility index (Phi) is 2.99. The molecule has 4 nitrogen and oxygen atoms in total. The number of nitrogens with zero attached hydrogens (tertiary/aromatic N) is 1. The molecule has 0 amide bonds. The van der Waals surface area contributed by atoms with Gasteiger partial charge in [0.15, 0.2) is 15.2 Å². The van der Waals surface area contributed by atoms with Crippen molar-refractivity contribution in [1.29, 1.82) is 0 Å². The van der Waals surface area contributed by atoms with Crippen molar-refractivity contribution in [2.75, 3.05) is 5.32 Å². The molecule has 0 aliphatic heterocycles. The molecule has 0 atom stereocenters. The molecule has 2 aromatic heterocycles. The third-order valence-corrected chi connectivity index (χ3v) is 3.17. The van der Waals surface area contributed by atoms with E-state index in [1.54, 1.807) is 0 Å². The largest absolute Gasteiger partial charge is 0.454 e. The minimum absolute atomic E-state index is 0.658. The fourth-order valence-corrected chi connectivity index (χ4v) is 2.25. The highest BCUT2D eigenvalue weighted by Crippen LogP contribution is 2.20. The molecule has 0 bridgehead atoms. The zero-order valence-electron chi connectivity index (χ0n) is 9.74. The van der Waals surface area contributed by atoms with E-state index < -0.39 is 0 Å². The second kappa shape index (κ2) is 4.64. The first-order chi connectivity index (χ1) is 8.70. The predicted octanol–water partition coefficient (Wildman–Crippen LogP) is 3.95. The molecule has 0 aliphatic carbocycles. The normalized spacial score (nSPS) is 11.0. The quantitative estimate of drug-likeness (QED) is 0.724. The second-order valence-corrected chi connectivity index (χ2v) is 5.04. The van der Waals surface area contributed by atoms with Crippen LogP contribution in [0.2, 0.25) is 0 Å². The van der Waals surface area contributed by atoms with Crippen LogP contribution in [0, 0.1) is 10.7 Å². The van der Waals surface area contributed by atoms with Crippen molar-refractivity contribution in [2.24, 2.45) is 0 Å². The van der Waals surface area contributed by atoms with Gasteiger partial charge in [-0.3, -0.25) is 0 Å². The lowest BCUT2D eigenvalue weighted by Crippen LogP contribution is -1.97. The number of aromatic nitrogens is 1. The van der Waals surface area contributed by atoms with Gasteiger partial charge in [0.1, 0.15) is 11.3 Å². The Hall–Kier alpha value is -1.50. The molecule has 0 saturated carbocycles. The van der Waals surface area contributed by atoms with E-state index in [2.05, 4.69) is 32.9 Å². The molecule has 0 spiro atoms. The van der Waals surface area contributed by atoms with Crippen molar-refractivity contribution in [3.8, 4) is 0 Å². The summed E-state index contributed by atoms with van der Waals surface area (Å²) in [5.74, 6) is 1.60. The Morgan fingerprint density at radius 1 is 1.22 bits per heavy atom. The highest BCUT2D eigenvalue weighted by molar-refractivity contribution is 14.1. The first-order valence-corrected chi connectivity index (χ1v) is 6.64. The molecule has 0 unspecified atom stereocenters. The van der Waals surface area contributed by atoms with Crippen LogP contribution in [0.25, 0.3) is 11.1 Å². The maximum atomic E-state index is 5.49. The summed E-state index contributed by atoms with van der Waals surface area (Å²) in [5.41, 5.74) is 2.68. The van der Waals surface area contributed by atoms with Gasteiger partial charge in [-0.1, -0.05) is 0 Å². The van der Waals surface area contributed by atoms with Crippen molar-refractivity contribution in [1.82, 2.24) is 4.98 Å². The van der Waals surface area contributed by atoms with Crippen molar-refractivity contribution in [3.63, 3.8) is 0 Å². The van der Waals surface area contributed by atoms with Gasteiger partial charge >= 0.3 is 0 Å². The Labute approximate surface area is 118 Å². The van der Waals surface area contributed by atoms with E-state index in [-0.39, 0.29) is 0 Å². The SMILES string of the molecule is Cc1nc2cc(NCc3ccc(I)o3)ccc2o1. The van der Waals surface area contributed by atoms with Crippen LogP contribution in [0.5, 0.6) is 0 Å². The number of hydrogen-bond acceptors (Lipinski definition) is 4. The smallest absolute Gasteiger partial charge is 0.192 e. The van der Waals surface area contributed by atoms with E-state index in [0.717, 1.165) is 26.3 Å². The van der Waals surface area contributed by atoms with Crippen LogP contribution in [-0.4, -0.2) is 4.98 Å². The molecule has 5 heteroatoms. The molecule has 92 valence electrons. The van der Waals surface area contributed by atoms with Crippen molar-refractivity contribution in [2.45, 2.75) is 13.5 Å². The van der Waals surface area contributed by atoms with Crippen LogP contribution >= 0.6 is 22.6 Å². The van der Waals surface area contributed by atoms with Crippen molar-refractivity contribution < 1.29 is 8.83 Å². The fourth-order valence-electron chi connectivity index (χ4n) is 1.79. The van der Waals surface area contributed by atoms with Crippen LogP contribution in [0.4, 0.5) is 5.69 Å². The number of halogens is 1. The number of oxazole rings is 1. The van der Waals surface area contributed by atoms with E-state index in [1.165, 1.54) is 0 Å². The third-order valence-electron chi connectivity index (χ3n) is 2.59. The molecular formula is C13H11IN2O2. The number of furan rings is 1. The molecule has 1 N–H and O–H groups in total. The van der Waals surface area contributed by atoms with Crippen LogP contribution < -0.4 is 5.32 Å². The van der Waals surface area contributed by atoms with Gasteiger partial charge in [0, 0.05) is 12.6 Å². The summed E-state index contributed by atoms with van der Waals surface area (Å²) in [6.07, 6.45) is 0. The average molecular weight is 354 g/mol. The number of benzene rings is 1. The lowest BCUT2D eigenvalue weighted by molar-refractivity contribution is 0.493. The summed E-state index contributed by atoms with van der Waals surface area (Å²) < 4.78 is 11.8. The minimum Gasteiger partial charge on any atom is -0.454 e. The maximum Gasteiger partial charge on any atom is 0.192 e. The van der Waals surface area contributed by atoms with Crippen molar-refractivity contribution >= 4 is 39.4 Å². The Morgan fingerprint density at radius 2 is 2.11 bits per heavy atom. The summed E-state index contributed by atoms with van der Waals surface area (Å²) in [4.78, 5) is 4.30. The fraction of sp³-hybridized carbons (Fsp3) is 0.154. The number of aryl methyl sites for hydroxylation is 1. The topological polar surface area (TPSA) is 51.2 Å². The Bertz CT molecular complexity index is 687. The van der Waals surface area contributed by atoms with Gasteiger partial charge in [-0.05, 0) is 52.9 Å². The Balaban J connectivity index is 1.78. The minimum atomic E-state index is 0.658. The maximum absolute atomic E-state index is 5.49. The highest BCUT2D eigenvalue weighted by atomic mass is 127. The van der Waals surface area contributed by atoms with E-state index in [9.17, 15) is 0 Å². The molecule has 18 heavy (non-hydrogen) atoms. The van der Waals surface area contributed by atoms with E-state index in [4.69, 9.17) is 8.83 Å². The predicted molar refractivity (Wildman–Crippen MR) is 77.5 cm³/mol. The molecule has 0 saturated heterocycles. The first-order valence-electron chi connectivity index (χ1n) is 5.56. The van der Waals surface area contributed by atoms with Crippen LogP contribution in [0.15, 0.2) is 39.2 Å². The van der Waals surface area contributed by atoms with Gasteiger partial charge in [0.05, 0.1) is 6.54 Å². The zero-order chi connectivity index (χ0) is 12.5. The number of fused-ring (bicyclic) bond motifs is 1. The monoisotopic (exact) mass is 354 g/mol. The number of anilines is 1. The molecule has 1 aromatic carbocycles. The lowest BCUT2D eigenvalue weighted by Gasteiger charge is -2.03. The molecule has 0 radical (unpaired) electrons. The molecule has 0 aliphatic rings. The number of nitrogens with one attached hydrogen (secondary N) is 1. The van der Waals surface area contributed by atoms with Gasteiger partial charge in [-0.25, -0.2) is 4.98 Å². The second-order valence-electron chi connectivity index (χ2n) is 3.97. The van der Waals surface area contributed by atoms with Crippen LogP contribution in [0.1, 0.15) is 11.7 Å². The summed E-state index contributed by atoms with van der Waals surface area (Å²) in [6.45, 7) is 2.50. The van der Waals surface area contributed by atoms with Crippen LogP contribution in [0.3, 0.4) is 0 Å². The molecule has 3 aromatic rings.